The van der Waals surface area contributed by atoms with Gasteiger partial charge in [0.1, 0.15) is 6.10 Å². The Balaban J connectivity index is 1.75. The van der Waals surface area contributed by atoms with E-state index in [0.29, 0.717) is 29.9 Å². The molecule has 28 heavy (non-hydrogen) atoms. The summed E-state index contributed by atoms with van der Waals surface area (Å²) in [6.45, 7) is 0.0911. The highest BCUT2D eigenvalue weighted by Gasteiger charge is 2.80. The zero-order chi connectivity index (χ0) is 19.6. The van der Waals surface area contributed by atoms with Crippen LogP contribution in [0.2, 0.25) is 0 Å². The summed E-state index contributed by atoms with van der Waals surface area (Å²) in [6.07, 6.45) is 1.67. The number of benzene rings is 1. The predicted octanol–water partition coefficient (Wildman–Crippen LogP) is 2.92. The smallest absolute Gasteiger partial charge is 0.231 e. The Morgan fingerprint density at radius 3 is 2.57 bits per heavy atom. The van der Waals surface area contributed by atoms with Gasteiger partial charge in [-0.15, -0.1) is 0 Å². The van der Waals surface area contributed by atoms with Crippen LogP contribution in [0.1, 0.15) is 37.4 Å². The van der Waals surface area contributed by atoms with Crippen molar-refractivity contribution in [1.82, 2.24) is 0 Å². The van der Waals surface area contributed by atoms with Gasteiger partial charge < -0.3 is 18.9 Å². The second kappa shape index (κ2) is 5.38. The molecule has 1 aliphatic carbocycles. The number of ether oxygens (including phenoxy) is 4. The molecular formula is C20H16N4O4. The number of hydrogen-bond donors (Lipinski definition) is 1. The number of fused-ring (bicyclic) bond motifs is 1. The summed E-state index contributed by atoms with van der Waals surface area (Å²) in [5.41, 5.74) is -3.08. The number of nitriles is 3. The molecule has 2 bridgehead atoms. The molecule has 1 N–H and O–H groups in total. The number of nitrogens with zero attached hydrogens (tertiary/aromatic N) is 3. The normalized spacial score (nSPS) is 36.4. The van der Waals surface area contributed by atoms with Gasteiger partial charge >= 0.3 is 0 Å². The maximum absolute atomic E-state index is 10.2. The molecule has 1 aromatic carbocycles. The van der Waals surface area contributed by atoms with Crippen molar-refractivity contribution in [3.05, 3.63) is 23.8 Å². The molecule has 1 aromatic rings. The summed E-state index contributed by atoms with van der Waals surface area (Å²) in [4.78, 5) is 0. The monoisotopic (exact) mass is 376 g/mol. The van der Waals surface area contributed by atoms with Gasteiger partial charge in [0.05, 0.1) is 24.1 Å². The minimum Gasteiger partial charge on any atom is -0.454 e. The number of nitrogens with one attached hydrogen (secondary N) is 1. The Hall–Kier alpha value is -3.28. The predicted molar refractivity (Wildman–Crippen MR) is 91.6 cm³/mol. The van der Waals surface area contributed by atoms with Crippen LogP contribution >= 0.6 is 0 Å². The highest BCUT2D eigenvalue weighted by Crippen LogP contribution is 2.69. The minimum absolute atomic E-state index is 0.0911. The lowest BCUT2D eigenvalue weighted by molar-refractivity contribution is -0.294. The molecule has 4 atom stereocenters. The Morgan fingerprint density at radius 1 is 1.04 bits per heavy atom. The summed E-state index contributed by atoms with van der Waals surface area (Å²) < 4.78 is 23.0. The largest absolute Gasteiger partial charge is 0.454 e. The first kappa shape index (κ1) is 16.9. The molecule has 3 aliphatic heterocycles. The summed E-state index contributed by atoms with van der Waals surface area (Å²) in [7, 11) is 0. The fourth-order valence-corrected chi connectivity index (χ4v) is 5.24. The van der Waals surface area contributed by atoms with E-state index in [0.717, 1.165) is 12.8 Å². The maximum atomic E-state index is 10.2. The van der Waals surface area contributed by atoms with Gasteiger partial charge in [0, 0.05) is 6.42 Å². The fraction of sp³-hybridized carbons (Fsp3) is 0.500. The van der Waals surface area contributed by atoms with E-state index in [1.165, 1.54) is 0 Å². The van der Waals surface area contributed by atoms with Crippen molar-refractivity contribution in [1.29, 1.82) is 21.2 Å². The lowest BCUT2D eigenvalue weighted by Gasteiger charge is -2.51. The van der Waals surface area contributed by atoms with Crippen LogP contribution < -0.4 is 9.47 Å². The van der Waals surface area contributed by atoms with E-state index in [1.807, 2.05) is 0 Å². The van der Waals surface area contributed by atoms with Crippen molar-refractivity contribution < 1.29 is 18.9 Å². The van der Waals surface area contributed by atoms with Crippen molar-refractivity contribution in [2.24, 2.45) is 16.7 Å². The van der Waals surface area contributed by atoms with Crippen LogP contribution in [0, 0.1) is 56.2 Å². The van der Waals surface area contributed by atoms with Crippen LogP contribution in [0.15, 0.2) is 18.2 Å². The third-order valence-corrected chi connectivity index (χ3v) is 6.52. The van der Waals surface area contributed by atoms with Crippen molar-refractivity contribution in [3.8, 4) is 29.7 Å². The van der Waals surface area contributed by atoms with E-state index < -0.39 is 28.6 Å². The zero-order valence-electron chi connectivity index (χ0n) is 14.9. The third kappa shape index (κ3) is 1.69. The topological polar surface area (TPSA) is 132 Å². The van der Waals surface area contributed by atoms with Gasteiger partial charge in [-0.2, -0.15) is 15.8 Å². The molecule has 1 saturated carbocycles. The molecule has 140 valence electrons. The molecule has 2 saturated heterocycles. The van der Waals surface area contributed by atoms with Crippen molar-refractivity contribution >= 4 is 5.90 Å². The number of rotatable bonds is 1. The van der Waals surface area contributed by atoms with Gasteiger partial charge in [-0.3, -0.25) is 5.41 Å². The Kier molecular flexibility index (Phi) is 3.24. The highest BCUT2D eigenvalue weighted by molar-refractivity contribution is 5.89. The lowest BCUT2D eigenvalue weighted by Crippen LogP contribution is -2.60. The van der Waals surface area contributed by atoms with Gasteiger partial charge in [-0.25, -0.2) is 0 Å². The summed E-state index contributed by atoms with van der Waals surface area (Å²) in [6, 6.07) is 11.4. The Labute approximate surface area is 161 Å². The van der Waals surface area contributed by atoms with Crippen LogP contribution in [-0.2, 0) is 9.47 Å². The molecule has 8 nitrogen and oxygen atoms in total. The van der Waals surface area contributed by atoms with Crippen molar-refractivity contribution in [2.75, 3.05) is 6.79 Å². The van der Waals surface area contributed by atoms with Gasteiger partial charge in [0.25, 0.3) is 0 Å². The first-order chi connectivity index (χ1) is 13.6. The molecule has 5 rings (SSSR count). The molecule has 4 aliphatic rings. The van der Waals surface area contributed by atoms with Crippen molar-refractivity contribution in [2.45, 2.75) is 37.6 Å². The van der Waals surface area contributed by atoms with E-state index in [2.05, 4.69) is 18.2 Å². The van der Waals surface area contributed by atoms with Crippen LogP contribution in [0.4, 0.5) is 0 Å². The van der Waals surface area contributed by atoms with Crippen LogP contribution in [-0.4, -0.2) is 18.5 Å². The molecule has 0 amide bonds. The van der Waals surface area contributed by atoms with Gasteiger partial charge in [0.15, 0.2) is 16.9 Å². The molecular weight excluding hydrogens is 360 g/mol. The van der Waals surface area contributed by atoms with Gasteiger partial charge in [-0.1, -0.05) is 12.5 Å². The van der Waals surface area contributed by atoms with E-state index >= 15 is 0 Å². The SMILES string of the molecule is N#CC1(C#N)C(c2ccc3c(c2)OCO3)OC23CCCCC2C1(C#N)C(=N)O3. The second-order valence-electron chi connectivity index (χ2n) is 7.60. The average molecular weight is 376 g/mol. The fourth-order valence-electron chi connectivity index (χ4n) is 5.24. The summed E-state index contributed by atoms with van der Waals surface area (Å²) >= 11 is 0. The standard InChI is InChI=1S/C20H16N4O4/c21-8-18(9-22)16(12-4-5-13-14(7-12)26-11-25-13)27-20-6-2-1-3-15(20)19(18,10-23)17(24)28-20/h4-5,7,15-16,24H,1-3,6,11H2. The summed E-state index contributed by atoms with van der Waals surface area (Å²) in [5, 5.41) is 39.1. The van der Waals surface area contributed by atoms with E-state index in [4.69, 9.17) is 24.4 Å². The van der Waals surface area contributed by atoms with Crippen molar-refractivity contribution in [3.63, 3.8) is 0 Å². The van der Waals surface area contributed by atoms with E-state index in [-0.39, 0.29) is 12.7 Å². The van der Waals surface area contributed by atoms with Crippen LogP contribution in [0.25, 0.3) is 0 Å². The second-order valence-corrected chi connectivity index (χ2v) is 7.60. The van der Waals surface area contributed by atoms with Crippen LogP contribution in [0.5, 0.6) is 11.5 Å². The number of hydrogen-bond acceptors (Lipinski definition) is 8. The molecule has 3 fully saturated rings. The first-order valence-corrected chi connectivity index (χ1v) is 9.16. The molecule has 4 unspecified atom stereocenters. The lowest BCUT2D eigenvalue weighted by atomic mass is 9.51. The zero-order valence-corrected chi connectivity index (χ0v) is 14.9. The minimum atomic E-state index is -1.92. The Morgan fingerprint density at radius 2 is 1.82 bits per heavy atom. The third-order valence-electron chi connectivity index (χ3n) is 6.52. The maximum Gasteiger partial charge on any atom is 0.231 e. The quantitative estimate of drug-likeness (QED) is 0.796. The van der Waals surface area contributed by atoms with E-state index in [9.17, 15) is 15.8 Å². The average Bonchev–Trinajstić information content (AvgIpc) is 3.27. The molecule has 0 aromatic heterocycles. The molecule has 3 heterocycles. The Bertz CT molecular complexity index is 1000. The molecule has 0 radical (unpaired) electrons. The van der Waals surface area contributed by atoms with Gasteiger partial charge in [0.2, 0.25) is 23.9 Å². The first-order valence-electron chi connectivity index (χ1n) is 9.16. The summed E-state index contributed by atoms with van der Waals surface area (Å²) in [5.74, 6) is -0.981. The van der Waals surface area contributed by atoms with Crippen LogP contribution in [0.3, 0.4) is 0 Å². The molecule has 8 heteroatoms. The van der Waals surface area contributed by atoms with E-state index in [1.54, 1.807) is 18.2 Å². The van der Waals surface area contributed by atoms with Gasteiger partial charge in [-0.05, 0) is 30.5 Å². The molecule has 0 spiro atoms. The highest BCUT2D eigenvalue weighted by atomic mass is 16.7.